The summed E-state index contributed by atoms with van der Waals surface area (Å²) in [6.07, 6.45) is 0.662. The van der Waals surface area contributed by atoms with Gasteiger partial charge in [0.05, 0.1) is 0 Å². The first-order valence-electron chi connectivity index (χ1n) is 7.78. The molecular formula is C19H22FNO2. The van der Waals surface area contributed by atoms with E-state index in [-0.39, 0.29) is 18.3 Å². The Hall–Kier alpha value is -2.36. The molecule has 23 heavy (non-hydrogen) atoms. The molecule has 1 amide bonds. The van der Waals surface area contributed by atoms with Crippen LogP contribution in [0.15, 0.2) is 48.5 Å². The molecule has 1 N–H and O–H groups in total. The molecule has 3 nitrogen and oxygen atoms in total. The monoisotopic (exact) mass is 315 g/mol. The van der Waals surface area contributed by atoms with Crippen molar-refractivity contribution in [2.75, 3.05) is 13.2 Å². The van der Waals surface area contributed by atoms with Crippen LogP contribution < -0.4 is 10.1 Å². The van der Waals surface area contributed by atoms with Crippen LogP contribution in [0.5, 0.6) is 5.75 Å². The first-order chi connectivity index (χ1) is 11.0. The lowest BCUT2D eigenvalue weighted by Gasteiger charge is -2.10. The minimum Gasteiger partial charge on any atom is -0.484 e. The van der Waals surface area contributed by atoms with Crippen LogP contribution in [0.4, 0.5) is 4.39 Å². The molecule has 0 bridgehead atoms. The molecule has 2 rings (SSSR count). The van der Waals surface area contributed by atoms with E-state index in [0.717, 1.165) is 5.56 Å². The van der Waals surface area contributed by atoms with E-state index in [9.17, 15) is 9.18 Å². The molecule has 122 valence electrons. The lowest BCUT2D eigenvalue weighted by Crippen LogP contribution is -2.30. The summed E-state index contributed by atoms with van der Waals surface area (Å²) in [5.74, 6) is 0.699. The smallest absolute Gasteiger partial charge is 0.257 e. The molecule has 0 spiro atoms. The highest BCUT2D eigenvalue weighted by Crippen LogP contribution is 2.19. The molecule has 0 unspecified atom stereocenters. The van der Waals surface area contributed by atoms with Crippen molar-refractivity contribution in [1.82, 2.24) is 5.32 Å². The zero-order valence-electron chi connectivity index (χ0n) is 13.5. The number of carbonyl (C=O) groups excluding carboxylic acids is 1. The molecule has 0 saturated carbocycles. The van der Waals surface area contributed by atoms with Gasteiger partial charge >= 0.3 is 0 Å². The molecule has 0 atom stereocenters. The number of hydrogen-bond donors (Lipinski definition) is 1. The van der Waals surface area contributed by atoms with Gasteiger partial charge in [-0.3, -0.25) is 4.79 Å². The Morgan fingerprint density at radius 2 is 1.91 bits per heavy atom. The highest BCUT2D eigenvalue weighted by atomic mass is 19.1. The molecule has 0 heterocycles. The van der Waals surface area contributed by atoms with Crippen LogP contribution in [0.3, 0.4) is 0 Å². The first kappa shape index (κ1) is 17.0. The summed E-state index contributed by atoms with van der Waals surface area (Å²) in [5.41, 5.74) is 2.16. The zero-order valence-corrected chi connectivity index (χ0v) is 13.5. The molecular weight excluding hydrogens is 293 g/mol. The fourth-order valence-electron chi connectivity index (χ4n) is 2.16. The van der Waals surface area contributed by atoms with Gasteiger partial charge in [-0.05, 0) is 47.7 Å². The van der Waals surface area contributed by atoms with Crippen LogP contribution in [-0.2, 0) is 11.2 Å². The summed E-state index contributed by atoms with van der Waals surface area (Å²) in [5, 5.41) is 2.80. The van der Waals surface area contributed by atoms with Gasteiger partial charge in [-0.1, -0.05) is 38.1 Å². The van der Waals surface area contributed by atoms with E-state index < -0.39 is 0 Å². The van der Waals surface area contributed by atoms with Crippen molar-refractivity contribution in [3.8, 4) is 5.75 Å². The van der Waals surface area contributed by atoms with Crippen molar-refractivity contribution in [3.63, 3.8) is 0 Å². The Kier molecular flexibility index (Phi) is 6.15. The van der Waals surface area contributed by atoms with E-state index >= 15 is 0 Å². The highest BCUT2D eigenvalue weighted by Gasteiger charge is 2.05. The molecule has 0 aromatic heterocycles. The summed E-state index contributed by atoms with van der Waals surface area (Å²) in [7, 11) is 0. The second-order valence-corrected chi connectivity index (χ2v) is 5.74. The van der Waals surface area contributed by atoms with Crippen molar-refractivity contribution in [3.05, 3.63) is 65.5 Å². The number of carbonyl (C=O) groups is 1. The Balaban J connectivity index is 1.72. The van der Waals surface area contributed by atoms with E-state index in [1.807, 2.05) is 24.3 Å². The summed E-state index contributed by atoms with van der Waals surface area (Å²) in [6.45, 7) is 4.72. The molecule has 0 fully saturated rings. The lowest BCUT2D eigenvalue weighted by atomic mass is 10.0. The van der Waals surface area contributed by atoms with Gasteiger partial charge < -0.3 is 10.1 Å². The summed E-state index contributed by atoms with van der Waals surface area (Å²) < 4.78 is 18.3. The van der Waals surface area contributed by atoms with Gasteiger partial charge in [0.15, 0.2) is 6.61 Å². The zero-order chi connectivity index (χ0) is 16.7. The third-order valence-corrected chi connectivity index (χ3v) is 3.54. The van der Waals surface area contributed by atoms with Gasteiger partial charge in [0.2, 0.25) is 0 Å². The molecule has 2 aromatic rings. The van der Waals surface area contributed by atoms with Gasteiger partial charge in [-0.2, -0.15) is 0 Å². The molecule has 0 aliphatic rings. The van der Waals surface area contributed by atoms with Crippen molar-refractivity contribution in [1.29, 1.82) is 0 Å². The molecule has 4 heteroatoms. The second-order valence-electron chi connectivity index (χ2n) is 5.74. The van der Waals surface area contributed by atoms with E-state index in [2.05, 4.69) is 19.2 Å². The van der Waals surface area contributed by atoms with Gasteiger partial charge in [0.1, 0.15) is 11.6 Å². The van der Waals surface area contributed by atoms with Crippen molar-refractivity contribution < 1.29 is 13.9 Å². The van der Waals surface area contributed by atoms with Crippen molar-refractivity contribution in [2.24, 2.45) is 0 Å². The number of rotatable bonds is 7. The Morgan fingerprint density at radius 1 is 1.17 bits per heavy atom. The van der Waals surface area contributed by atoms with Crippen LogP contribution in [0, 0.1) is 5.82 Å². The maximum Gasteiger partial charge on any atom is 0.257 e. The summed E-state index contributed by atoms with van der Waals surface area (Å²) in [4.78, 5) is 11.8. The van der Waals surface area contributed by atoms with Gasteiger partial charge in [-0.25, -0.2) is 4.39 Å². The third-order valence-electron chi connectivity index (χ3n) is 3.54. The number of amides is 1. The van der Waals surface area contributed by atoms with Crippen LogP contribution in [0.25, 0.3) is 0 Å². The van der Waals surface area contributed by atoms with Crippen LogP contribution in [-0.4, -0.2) is 19.1 Å². The standard InChI is InChI=1S/C19H22FNO2/c1-14(2)16-4-3-5-18(12-16)23-13-19(22)21-11-10-15-6-8-17(20)9-7-15/h3-9,12,14H,10-11,13H2,1-2H3,(H,21,22). The third kappa shape index (κ3) is 5.74. The fraction of sp³-hybridized carbons (Fsp3) is 0.316. The number of nitrogens with one attached hydrogen (secondary N) is 1. The minimum atomic E-state index is -0.255. The maximum atomic E-state index is 12.8. The number of benzene rings is 2. The van der Waals surface area contributed by atoms with Crippen molar-refractivity contribution >= 4 is 5.91 Å². The highest BCUT2D eigenvalue weighted by molar-refractivity contribution is 5.77. The minimum absolute atomic E-state index is 0.00896. The van der Waals surface area contributed by atoms with E-state index in [4.69, 9.17) is 4.74 Å². The largest absolute Gasteiger partial charge is 0.484 e. The van der Waals surface area contributed by atoms with E-state index in [1.165, 1.54) is 17.7 Å². The fourth-order valence-corrected chi connectivity index (χ4v) is 2.16. The average Bonchev–Trinajstić information content (AvgIpc) is 2.55. The number of halogens is 1. The normalized spacial score (nSPS) is 10.6. The van der Waals surface area contributed by atoms with Crippen molar-refractivity contribution in [2.45, 2.75) is 26.2 Å². The molecule has 0 saturated heterocycles. The molecule has 2 aromatic carbocycles. The molecule has 0 aliphatic heterocycles. The topological polar surface area (TPSA) is 38.3 Å². The Bertz CT molecular complexity index is 638. The SMILES string of the molecule is CC(C)c1cccc(OCC(=O)NCCc2ccc(F)cc2)c1. The second kappa shape index (κ2) is 8.32. The van der Waals surface area contributed by atoms with Gasteiger partial charge in [-0.15, -0.1) is 0 Å². The van der Waals surface area contributed by atoms with E-state index in [1.54, 1.807) is 12.1 Å². The van der Waals surface area contributed by atoms with Crippen LogP contribution >= 0.6 is 0 Å². The van der Waals surface area contributed by atoms with Crippen LogP contribution in [0.2, 0.25) is 0 Å². The number of hydrogen-bond acceptors (Lipinski definition) is 2. The predicted molar refractivity (Wildman–Crippen MR) is 89.1 cm³/mol. The lowest BCUT2D eigenvalue weighted by molar-refractivity contribution is -0.123. The molecule has 0 aliphatic carbocycles. The van der Waals surface area contributed by atoms with Gasteiger partial charge in [0, 0.05) is 6.54 Å². The Morgan fingerprint density at radius 3 is 2.61 bits per heavy atom. The maximum absolute atomic E-state index is 12.8. The molecule has 0 radical (unpaired) electrons. The first-order valence-corrected chi connectivity index (χ1v) is 7.78. The predicted octanol–water partition coefficient (Wildman–Crippen LogP) is 3.69. The Labute approximate surface area is 136 Å². The van der Waals surface area contributed by atoms with E-state index in [0.29, 0.717) is 24.6 Å². The number of ether oxygens (including phenoxy) is 1. The van der Waals surface area contributed by atoms with Crippen LogP contribution in [0.1, 0.15) is 30.9 Å². The van der Waals surface area contributed by atoms with Gasteiger partial charge in [0.25, 0.3) is 5.91 Å². The quantitative estimate of drug-likeness (QED) is 0.846. The average molecular weight is 315 g/mol. The summed E-state index contributed by atoms with van der Waals surface area (Å²) in [6, 6.07) is 14.0. The summed E-state index contributed by atoms with van der Waals surface area (Å²) >= 11 is 0.